The third-order valence-electron chi connectivity index (χ3n) is 3.46. The third kappa shape index (κ3) is 3.05. The number of carbonyl (C=O) groups excluding carboxylic acids is 2. The molecule has 2 rings (SSSR count). The van der Waals surface area contributed by atoms with Gasteiger partial charge in [-0.1, -0.05) is 6.07 Å². The summed E-state index contributed by atoms with van der Waals surface area (Å²) in [6, 6.07) is 4.76. The summed E-state index contributed by atoms with van der Waals surface area (Å²) < 4.78 is 0. The van der Waals surface area contributed by atoms with Gasteiger partial charge in [0.2, 0.25) is 5.91 Å². The van der Waals surface area contributed by atoms with Crippen molar-refractivity contribution in [2.75, 3.05) is 12.3 Å². The van der Waals surface area contributed by atoms with Crippen LogP contribution in [0.3, 0.4) is 0 Å². The van der Waals surface area contributed by atoms with Gasteiger partial charge in [-0.2, -0.15) is 0 Å². The average Bonchev–Trinajstić information content (AvgIpc) is 2.58. The van der Waals surface area contributed by atoms with Crippen molar-refractivity contribution in [2.24, 2.45) is 0 Å². The zero-order valence-electron chi connectivity index (χ0n) is 11.0. The second kappa shape index (κ2) is 5.73. The van der Waals surface area contributed by atoms with E-state index in [-0.39, 0.29) is 11.8 Å². The van der Waals surface area contributed by atoms with Crippen molar-refractivity contribution in [3.8, 4) is 0 Å². The molecule has 5 nitrogen and oxygen atoms in total. The van der Waals surface area contributed by atoms with Crippen LogP contribution in [0.5, 0.6) is 0 Å². The normalized spacial score (nSPS) is 19.4. The summed E-state index contributed by atoms with van der Waals surface area (Å²) in [5.41, 5.74) is 7.64. The minimum Gasteiger partial charge on any atom is -0.398 e. The molecule has 0 aromatic heterocycles. The SMILES string of the molecule is Cc1c(N)cccc1C(=O)NC1CCCCNC1=O. The first-order chi connectivity index (χ1) is 9.09. The lowest BCUT2D eigenvalue weighted by molar-refractivity contribution is -0.122. The molecule has 19 heavy (non-hydrogen) atoms. The summed E-state index contributed by atoms with van der Waals surface area (Å²) in [7, 11) is 0. The molecule has 1 aromatic rings. The Kier molecular flexibility index (Phi) is 4.04. The van der Waals surface area contributed by atoms with Crippen molar-refractivity contribution < 1.29 is 9.59 Å². The van der Waals surface area contributed by atoms with E-state index in [0.717, 1.165) is 18.4 Å². The molecular formula is C14H19N3O2. The van der Waals surface area contributed by atoms with Crippen LogP contribution >= 0.6 is 0 Å². The van der Waals surface area contributed by atoms with Gasteiger partial charge >= 0.3 is 0 Å². The average molecular weight is 261 g/mol. The molecule has 0 saturated carbocycles. The maximum atomic E-state index is 12.2. The van der Waals surface area contributed by atoms with Crippen LogP contribution in [-0.4, -0.2) is 24.4 Å². The van der Waals surface area contributed by atoms with Gasteiger partial charge in [0.05, 0.1) is 0 Å². The fourth-order valence-corrected chi connectivity index (χ4v) is 2.21. The highest BCUT2D eigenvalue weighted by Crippen LogP contribution is 2.16. The summed E-state index contributed by atoms with van der Waals surface area (Å²) in [6.07, 6.45) is 2.56. The second-order valence-electron chi connectivity index (χ2n) is 4.83. The van der Waals surface area contributed by atoms with Crippen molar-refractivity contribution in [1.82, 2.24) is 10.6 Å². The van der Waals surface area contributed by atoms with Crippen LogP contribution in [-0.2, 0) is 4.79 Å². The molecule has 1 fully saturated rings. The molecule has 5 heteroatoms. The predicted octanol–water partition coefficient (Wildman–Crippen LogP) is 0.976. The maximum absolute atomic E-state index is 12.2. The molecule has 0 bridgehead atoms. The number of carbonyl (C=O) groups is 2. The number of benzene rings is 1. The summed E-state index contributed by atoms with van der Waals surface area (Å²) in [4.78, 5) is 24.0. The fourth-order valence-electron chi connectivity index (χ4n) is 2.21. The van der Waals surface area contributed by atoms with Crippen molar-refractivity contribution in [1.29, 1.82) is 0 Å². The van der Waals surface area contributed by atoms with E-state index < -0.39 is 6.04 Å². The fraction of sp³-hybridized carbons (Fsp3) is 0.429. The number of anilines is 1. The van der Waals surface area contributed by atoms with Crippen LogP contribution in [0, 0.1) is 6.92 Å². The van der Waals surface area contributed by atoms with Gasteiger partial charge in [-0.05, 0) is 43.9 Å². The zero-order chi connectivity index (χ0) is 13.8. The van der Waals surface area contributed by atoms with E-state index in [1.165, 1.54) is 0 Å². The van der Waals surface area contributed by atoms with Crippen molar-refractivity contribution >= 4 is 17.5 Å². The summed E-state index contributed by atoms with van der Waals surface area (Å²) in [5, 5.41) is 5.59. The lowest BCUT2D eigenvalue weighted by atomic mass is 10.0. The first kappa shape index (κ1) is 13.4. The highest BCUT2D eigenvalue weighted by Gasteiger charge is 2.23. The lowest BCUT2D eigenvalue weighted by Crippen LogP contribution is -2.45. The van der Waals surface area contributed by atoms with Crippen molar-refractivity contribution in [3.63, 3.8) is 0 Å². The minimum atomic E-state index is -0.448. The van der Waals surface area contributed by atoms with Crippen LogP contribution in [0.1, 0.15) is 35.2 Å². The molecule has 1 heterocycles. The van der Waals surface area contributed by atoms with Crippen LogP contribution < -0.4 is 16.4 Å². The van der Waals surface area contributed by atoms with Gasteiger partial charge in [0.1, 0.15) is 6.04 Å². The van der Waals surface area contributed by atoms with Gasteiger partial charge in [-0.3, -0.25) is 9.59 Å². The Balaban J connectivity index is 2.12. The highest BCUT2D eigenvalue weighted by molar-refractivity contribution is 5.99. The van der Waals surface area contributed by atoms with Crippen LogP contribution in [0.25, 0.3) is 0 Å². The van der Waals surface area contributed by atoms with Crippen LogP contribution in [0.4, 0.5) is 5.69 Å². The molecular weight excluding hydrogens is 242 g/mol. The zero-order valence-corrected chi connectivity index (χ0v) is 11.0. The molecule has 0 radical (unpaired) electrons. The molecule has 1 aliphatic rings. The number of hydrogen-bond acceptors (Lipinski definition) is 3. The molecule has 1 aromatic carbocycles. The van der Waals surface area contributed by atoms with E-state index in [4.69, 9.17) is 5.73 Å². The molecule has 1 atom stereocenters. The quantitative estimate of drug-likeness (QED) is 0.694. The van der Waals surface area contributed by atoms with Gasteiger partial charge in [0, 0.05) is 17.8 Å². The second-order valence-corrected chi connectivity index (χ2v) is 4.83. The first-order valence-corrected chi connectivity index (χ1v) is 6.53. The Morgan fingerprint density at radius 2 is 2.21 bits per heavy atom. The number of hydrogen-bond donors (Lipinski definition) is 3. The van der Waals surface area contributed by atoms with E-state index >= 15 is 0 Å². The molecule has 1 unspecified atom stereocenters. The molecule has 1 aliphatic heterocycles. The Morgan fingerprint density at radius 1 is 1.42 bits per heavy atom. The van der Waals surface area contributed by atoms with Gasteiger partial charge in [-0.15, -0.1) is 0 Å². The number of rotatable bonds is 2. The summed E-state index contributed by atoms with van der Waals surface area (Å²) in [5.74, 6) is -0.348. The van der Waals surface area contributed by atoms with Crippen LogP contribution in [0.2, 0.25) is 0 Å². The Labute approximate surface area is 112 Å². The van der Waals surface area contributed by atoms with E-state index in [2.05, 4.69) is 10.6 Å². The Bertz CT molecular complexity index is 499. The lowest BCUT2D eigenvalue weighted by Gasteiger charge is -2.16. The van der Waals surface area contributed by atoms with E-state index in [1.54, 1.807) is 25.1 Å². The molecule has 102 valence electrons. The molecule has 2 amide bonds. The van der Waals surface area contributed by atoms with Crippen molar-refractivity contribution in [3.05, 3.63) is 29.3 Å². The Hall–Kier alpha value is -2.04. The molecule has 0 aliphatic carbocycles. The highest BCUT2D eigenvalue weighted by atomic mass is 16.2. The third-order valence-corrected chi connectivity index (χ3v) is 3.46. The molecule has 4 N–H and O–H groups in total. The number of nitrogen functional groups attached to an aromatic ring is 1. The predicted molar refractivity (Wildman–Crippen MR) is 73.7 cm³/mol. The molecule has 0 spiro atoms. The molecule has 1 saturated heterocycles. The van der Waals surface area contributed by atoms with E-state index in [1.807, 2.05) is 0 Å². The summed E-state index contributed by atoms with van der Waals surface area (Å²) in [6.45, 7) is 2.49. The smallest absolute Gasteiger partial charge is 0.252 e. The number of nitrogens with one attached hydrogen (secondary N) is 2. The van der Waals surface area contributed by atoms with Gasteiger partial charge in [0.25, 0.3) is 5.91 Å². The standard InChI is InChI=1S/C14H19N3O2/c1-9-10(5-4-6-11(9)15)13(18)17-12-7-2-3-8-16-14(12)19/h4-6,12H,2-3,7-8,15H2,1H3,(H,16,19)(H,17,18). The van der Waals surface area contributed by atoms with E-state index in [9.17, 15) is 9.59 Å². The van der Waals surface area contributed by atoms with Gasteiger partial charge in [-0.25, -0.2) is 0 Å². The minimum absolute atomic E-state index is 0.104. The Morgan fingerprint density at radius 3 is 3.00 bits per heavy atom. The van der Waals surface area contributed by atoms with E-state index in [0.29, 0.717) is 24.2 Å². The summed E-state index contributed by atoms with van der Waals surface area (Å²) >= 11 is 0. The largest absolute Gasteiger partial charge is 0.398 e. The number of nitrogens with two attached hydrogens (primary N) is 1. The topological polar surface area (TPSA) is 84.2 Å². The monoisotopic (exact) mass is 261 g/mol. The van der Waals surface area contributed by atoms with Crippen LogP contribution in [0.15, 0.2) is 18.2 Å². The maximum Gasteiger partial charge on any atom is 0.252 e. The van der Waals surface area contributed by atoms with Gasteiger partial charge < -0.3 is 16.4 Å². The number of amides is 2. The first-order valence-electron chi connectivity index (χ1n) is 6.53. The van der Waals surface area contributed by atoms with Crippen molar-refractivity contribution in [2.45, 2.75) is 32.2 Å². The van der Waals surface area contributed by atoms with Gasteiger partial charge in [0.15, 0.2) is 0 Å².